The second-order valence-corrected chi connectivity index (χ2v) is 5.75. The Bertz CT molecular complexity index is 690. The molecule has 1 atom stereocenters. The Balaban J connectivity index is 1.94. The fourth-order valence-electron chi connectivity index (χ4n) is 2.84. The van der Waals surface area contributed by atoms with Gasteiger partial charge in [-0.1, -0.05) is 6.92 Å². The van der Waals surface area contributed by atoms with Crippen LogP contribution in [0.5, 0.6) is 0 Å². The van der Waals surface area contributed by atoms with Crippen molar-refractivity contribution in [1.29, 1.82) is 0 Å². The van der Waals surface area contributed by atoms with E-state index in [1.165, 1.54) is 0 Å². The highest BCUT2D eigenvalue weighted by Crippen LogP contribution is 2.25. The van der Waals surface area contributed by atoms with Crippen molar-refractivity contribution in [2.75, 3.05) is 18.0 Å². The van der Waals surface area contributed by atoms with Crippen LogP contribution in [0.15, 0.2) is 30.6 Å². The SMILES string of the molecule is CCc1cc(N2CCCC(C(=O)O)C2)nc(-c2ccncc2)n1. The van der Waals surface area contributed by atoms with Crippen LogP contribution in [0.25, 0.3) is 11.4 Å². The number of nitrogens with zero attached hydrogens (tertiary/aromatic N) is 4. The van der Waals surface area contributed by atoms with Gasteiger partial charge in [-0.05, 0) is 31.4 Å². The summed E-state index contributed by atoms with van der Waals surface area (Å²) in [5.41, 5.74) is 1.88. The van der Waals surface area contributed by atoms with Crippen molar-refractivity contribution in [3.63, 3.8) is 0 Å². The Morgan fingerprint density at radius 1 is 1.35 bits per heavy atom. The Morgan fingerprint density at radius 3 is 2.83 bits per heavy atom. The zero-order chi connectivity index (χ0) is 16.2. The normalized spacial score (nSPS) is 18.0. The summed E-state index contributed by atoms with van der Waals surface area (Å²) in [7, 11) is 0. The number of anilines is 1. The van der Waals surface area contributed by atoms with Crippen molar-refractivity contribution in [1.82, 2.24) is 15.0 Å². The average molecular weight is 312 g/mol. The first-order valence-electron chi connectivity index (χ1n) is 7.93. The largest absolute Gasteiger partial charge is 0.481 e. The number of hydrogen-bond donors (Lipinski definition) is 1. The van der Waals surface area contributed by atoms with Crippen LogP contribution >= 0.6 is 0 Å². The molecule has 0 saturated carbocycles. The smallest absolute Gasteiger partial charge is 0.308 e. The molecule has 2 aromatic rings. The number of carboxylic acids is 1. The zero-order valence-electron chi connectivity index (χ0n) is 13.1. The third-order valence-electron chi connectivity index (χ3n) is 4.16. The fraction of sp³-hybridized carbons (Fsp3) is 0.412. The third-order valence-corrected chi connectivity index (χ3v) is 4.16. The van der Waals surface area contributed by atoms with Crippen LogP contribution in [0, 0.1) is 5.92 Å². The second kappa shape index (κ2) is 6.73. The average Bonchev–Trinajstić information content (AvgIpc) is 2.62. The van der Waals surface area contributed by atoms with Gasteiger partial charge in [0.25, 0.3) is 0 Å². The molecule has 3 heterocycles. The summed E-state index contributed by atoms with van der Waals surface area (Å²) in [6.07, 6.45) is 5.85. The number of rotatable bonds is 4. The molecule has 6 nitrogen and oxygen atoms in total. The van der Waals surface area contributed by atoms with Crippen molar-refractivity contribution in [2.24, 2.45) is 5.92 Å². The quantitative estimate of drug-likeness (QED) is 0.934. The van der Waals surface area contributed by atoms with Gasteiger partial charge in [0.05, 0.1) is 5.92 Å². The Morgan fingerprint density at radius 2 is 2.13 bits per heavy atom. The number of aliphatic carboxylic acids is 1. The standard InChI is InChI=1S/C17H20N4O2/c1-2-14-10-15(21-9-3-4-13(11-21)17(22)23)20-16(19-14)12-5-7-18-8-6-12/h5-8,10,13H,2-4,9,11H2,1H3,(H,22,23). The van der Waals surface area contributed by atoms with Crippen LogP contribution < -0.4 is 4.90 Å². The van der Waals surface area contributed by atoms with E-state index in [9.17, 15) is 9.90 Å². The Hall–Kier alpha value is -2.50. The van der Waals surface area contributed by atoms with Gasteiger partial charge < -0.3 is 10.0 Å². The first-order chi connectivity index (χ1) is 11.2. The highest BCUT2D eigenvalue weighted by atomic mass is 16.4. The van der Waals surface area contributed by atoms with E-state index in [0.29, 0.717) is 12.4 Å². The van der Waals surface area contributed by atoms with E-state index in [1.807, 2.05) is 18.2 Å². The van der Waals surface area contributed by atoms with Crippen LogP contribution in [0.1, 0.15) is 25.5 Å². The number of piperidine rings is 1. The summed E-state index contributed by atoms with van der Waals surface area (Å²) in [5, 5.41) is 9.27. The summed E-state index contributed by atoms with van der Waals surface area (Å²) < 4.78 is 0. The van der Waals surface area contributed by atoms with Crippen molar-refractivity contribution in [2.45, 2.75) is 26.2 Å². The molecular formula is C17H20N4O2. The topological polar surface area (TPSA) is 79.2 Å². The number of aryl methyl sites for hydroxylation is 1. The lowest BCUT2D eigenvalue weighted by Gasteiger charge is -2.32. The number of pyridine rings is 1. The third kappa shape index (κ3) is 3.47. The van der Waals surface area contributed by atoms with Gasteiger partial charge in [0, 0.05) is 42.8 Å². The van der Waals surface area contributed by atoms with E-state index >= 15 is 0 Å². The van der Waals surface area contributed by atoms with Gasteiger partial charge in [-0.15, -0.1) is 0 Å². The van der Waals surface area contributed by atoms with Gasteiger partial charge >= 0.3 is 5.97 Å². The lowest BCUT2D eigenvalue weighted by Crippen LogP contribution is -2.39. The summed E-state index contributed by atoms with van der Waals surface area (Å²) in [6.45, 7) is 3.39. The van der Waals surface area contributed by atoms with Gasteiger partial charge in [0.15, 0.2) is 5.82 Å². The number of aromatic nitrogens is 3. The molecule has 1 unspecified atom stereocenters. The summed E-state index contributed by atoms with van der Waals surface area (Å²) in [6, 6.07) is 5.73. The molecule has 1 fully saturated rings. The molecule has 1 aliphatic heterocycles. The minimum Gasteiger partial charge on any atom is -0.481 e. The number of carbonyl (C=O) groups is 1. The van der Waals surface area contributed by atoms with Crippen LogP contribution in [-0.2, 0) is 11.2 Å². The summed E-state index contributed by atoms with van der Waals surface area (Å²) in [4.78, 5) is 26.6. The monoisotopic (exact) mass is 312 g/mol. The Kier molecular flexibility index (Phi) is 4.50. The van der Waals surface area contributed by atoms with E-state index < -0.39 is 5.97 Å². The highest BCUT2D eigenvalue weighted by molar-refractivity contribution is 5.71. The van der Waals surface area contributed by atoms with Crippen LogP contribution in [0.4, 0.5) is 5.82 Å². The molecule has 0 radical (unpaired) electrons. The highest BCUT2D eigenvalue weighted by Gasteiger charge is 2.26. The minimum absolute atomic E-state index is 0.326. The number of carboxylic acid groups (broad SMARTS) is 1. The van der Waals surface area contributed by atoms with Crippen molar-refractivity contribution < 1.29 is 9.90 Å². The van der Waals surface area contributed by atoms with E-state index in [4.69, 9.17) is 0 Å². The van der Waals surface area contributed by atoms with Gasteiger partial charge in [-0.25, -0.2) is 9.97 Å². The van der Waals surface area contributed by atoms with Crippen LogP contribution in [0.2, 0.25) is 0 Å². The van der Waals surface area contributed by atoms with Crippen molar-refractivity contribution in [3.8, 4) is 11.4 Å². The van der Waals surface area contributed by atoms with Gasteiger partial charge in [0.2, 0.25) is 0 Å². The van der Waals surface area contributed by atoms with Crippen LogP contribution in [-0.4, -0.2) is 39.1 Å². The first-order valence-corrected chi connectivity index (χ1v) is 7.93. The first kappa shape index (κ1) is 15.4. The molecule has 0 amide bonds. The predicted octanol–water partition coefficient (Wildman–Crippen LogP) is 2.40. The minimum atomic E-state index is -0.728. The molecule has 1 N–H and O–H groups in total. The molecular weight excluding hydrogens is 292 g/mol. The molecule has 0 spiro atoms. The maximum Gasteiger partial charge on any atom is 0.308 e. The molecule has 6 heteroatoms. The molecule has 23 heavy (non-hydrogen) atoms. The summed E-state index contributed by atoms with van der Waals surface area (Å²) >= 11 is 0. The lowest BCUT2D eigenvalue weighted by molar-refractivity contribution is -0.141. The zero-order valence-corrected chi connectivity index (χ0v) is 13.1. The van der Waals surface area contributed by atoms with E-state index in [2.05, 4.69) is 26.8 Å². The fourth-order valence-corrected chi connectivity index (χ4v) is 2.84. The maximum atomic E-state index is 11.3. The molecule has 0 bridgehead atoms. The molecule has 0 aromatic carbocycles. The molecule has 120 valence electrons. The molecule has 3 rings (SSSR count). The van der Waals surface area contributed by atoms with Gasteiger partial charge in [0.1, 0.15) is 5.82 Å². The molecule has 2 aromatic heterocycles. The van der Waals surface area contributed by atoms with Crippen molar-refractivity contribution >= 4 is 11.8 Å². The van der Waals surface area contributed by atoms with E-state index in [1.54, 1.807) is 12.4 Å². The maximum absolute atomic E-state index is 11.3. The summed E-state index contributed by atoms with van der Waals surface area (Å²) in [5.74, 6) is 0.427. The van der Waals surface area contributed by atoms with E-state index in [0.717, 1.165) is 42.9 Å². The molecule has 0 aliphatic carbocycles. The molecule has 1 saturated heterocycles. The second-order valence-electron chi connectivity index (χ2n) is 5.75. The Labute approximate surface area is 135 Å². The van der Waals surface area contributed by atoms with Gasteiger partial charge in [-0.2, -0.15) is 0 Å². The molecule has 1 aliphatic rings. The van der Waals surface area contributed by atoms with E-state index in [-0.39, 0.29) is 5.92 Å². The number of hydrogen-bond acceptors (Lipinski definition) is 5. The van der Waals surface area contributed by atoms with Crippen LogP contribution in [0.3, 0.4) is 0 Å². The van der Waals surface area contributed by atoms with Gasteiger partial charge in [-0.3, -0.25) is 9.78 Å². The van der Waals surface area contributed by atoms with Crippen molar-refractivity contribution in [3.05, 3.63) is 36.3 Å². The predicted molar refractivity (Wildman–Crippen MR) is 87.2 cm³/mol. The lowest BCUT2D eigenvalue weighted by atomic mass is 9.98.